The van der Waals surface area contributed by atoms with Gasteiger partial charge in [-0.3, -0.25) is 14.5 Å². The highest BCUT2D eigenvalue weighted by molar-refractivity contribution is 5.91. The lowest BCUT2D eigenvalue weighted by Gasteiger charge is -2.14. The molecule has 1 unspecified atom stereocenters. The van der Waals surface area contributed by atoms with Gasteiger partial charge in [0.25, 0.3) is 5.91 Å². The molecular formula is C20H23N5O2. The van der Waals surface area contributed by atoms with Crippen LogP contribution >= 0.6 is 0 Å². The van der Waals surface area contributed by atoms with E-state index in [0.717, 1.165) is 19.4 Å². The summed E-state index contributed by atoms with van der Waals surface area (Å²) in [4.78, 5) is 16.2. The molecule has 0 bridgehead atoms. The first-order chi connectivity index (χ1) is 13.2. The molecule has 1 N–H and O–H groups in total. The van der Waals surface area contributed by atoms with Gasteiger partial charge in [-0.2, -0.15) is 0 Å². The molecule has 2 aromatic heterocycles. The van der Waals surface area contributed by atoms with Gasteiger partial charge < -0.3 is 10.1 Å². The van der Waals surface area contributed by atoms with Crippen LogP contribution in [-0.4, -0.2) is 38.5 Å². The zero-order valence-corrected chi connectivity index (χ0v) is 15.3. The summed E-state index contributed by atoms with van der Waals surface area (Å²) in [5.41, 5.74) is 1.60. The maximum Gasteiger partial charge on any atom is 0.273 e. The van der Waals surface area contributed by atoms with Crippen LogP contribution in [0.1, 0.15) is 29.4 Å². The van der Waals surface area contributed by atoms with Crippen molar-refractivity contribution in [2.24, 2.45) is 0 Å². The third kappa shape index (κ3) is 5.91. The second-order valence-electron chi connectivity index (χ2n) is 6.28. The average Bonchev–Trinajstić information content (AvgIpc) is 3.17. The molecule has 0 aliphatic rings. The van der Waals surface area contributed by atoms with E-state index in [1.165, 1.54) is 5.56 Å². The van der Waals surface area contributed by atoms with Gasteiger partial charge in [-0.15, -0.1) is 5.10 Å². The number of pyridine rings is 1. The highest BCUT2D eigenvalue weighted by Crippen LogP contribution is 2.08. The molecule has 27 heavy (non-hydrogen) atoms. The number of nitrogens with zero attached hydrogens (tertiary/aromatic N) is 4. The van der Waals surface area contributed by atoms with Crippen molar-refractivity contribution >= 4 is 5.91 Å². The summed E-state index contributed by atoms with van der Waals surface area (Å²) in [6.45, 7) is 2.97. The van der Waals surface area contributed by atoms with E-state index in [-0.39, 0.29) is 12.0 Å². The monoisotopic (exact) mass is 365 g/mol. The highest BCUT2D eigenvalue weighted by Gasteiger charge is 2.12. The van der Waals surface area contributed by atoms with Crippen LogP contribution in [0, 0.1) is 0 Å². The van der Waals surface area contributed by atoms with Gasteiger partial charge in [-0.1, -0.05) is 35.5 Å². The lowest BCUT2D eigenvalue weighted by atomic mass is 10.1. The van der Waals surface area contributed by atoms with Crippen LogP contribution in [0.3, 0.4) is 0 Å². The number of rotatable bonds is 9. The van der Waals surface area contributed by atoms with Crippen LogP contribution in [-0.2, 0) is 13.0 Å². The Kier molecular flexibility index (Phi) is 6.51. The fourth-order valence-electron chi connectivity index (χ4n) is 2.62. The molecule has 2 heterocycles. The molecule has 3 rings (SSSR count). The standard InChI is InChI=1S/C20H23N5O2/c1-16(27-18-10-5-11-21-14-18)13-22-20(26)19-15-25(24-23-19)12-6-9-17-7-3-2-4-8-17/h2-5,7-8,10-11,14-16H,6,9,12-13H2,1H3,(H,22,26). The van der Waals surface area contributed by atoms with Crippen molar-refractivity contribution in [2.45, 2.75) is 32.4 Å². The third-order valence-electron chi connectivity index (χ3n) is 3.99. The summed E-state index contributed by atoms with van der Waals surface area (Å²) in [5.74, 6) is 0.412. The van der Waals surface area contributed by atoms with E-state index >= 15 is 0 Å². The Bertz CT molecular complexity index is 836. The first kappa shape index (κ1) is 18.6. The predicted octanol–water partition coefficient (Wildman–Crippen LogP) is 2.50. The minimum atomic E-state index is -0.258. The molecule has 0 saturated carbocycles. The van der Waals surface area contributed by atoms with Crippen LogP contribution in [0.25, 0.3) is 0 Å². The molecule has 0 aliphatic carbocycles. The summed E-state index contributed by atoms with van der Waals surface area (Å²) in [7, 11) is 0. The van der Waals surface area contributed by atoms with Gasteiger partial charge >= 0.3 is 0 Å². The fraction of sp³-hybridized carbons (Fsp3) is 0.300. The normalized spacial score (nSPS) is 11.7. The first-order valence-electron chi connectivity index (χ1n) is 8.99. The Hall–Kier alpha value is -3.22. The zero-order valence-electron chi connectivity index (χ0n) is 15.3. The number of aromatic nitrogens is 4. The molecule has 140 valence electrons. The Morgan fingerprint density at radius 1 is 1.22 bits per heavy atom. The summed E-state index contributed by atoms with van der Waals surface area (Å²) in [6, 6.07) is 13.9. The van der Waals surface area contributed by atoms with E-state index < -0.39 is 0 Å². The SMILES string of the molecule is CC(CNC(=O)c1cn(CCCc2ccccc2)nn1)Oc1cccnc1. The number of ether oxygens (including phenoxy) is 1. The number of benzene rings is 1. The van der Waals surface area contributed by atoms with Crippen LogP contribution in [0.4, 0.5) is 0 Å². The van der Waals surface area contributed by atoms with Crippen LogP contribution in [0.5, 0.6) is 5.75 Å². The summed E-state index contributed by atoms with van der Waals surface area (Å²) in [5, 5.41) is 10.8. The number of hydrogen-bond donors (Lipinski definition) is 1. The topological polar surface area (TPSA) is 81.9 Å². The Labute approximate surface area is 158 Å². The molecule has 7 heteroatoms. The Morgan fingerprint density at radius 3 is 2.85 bits per heavy atom. The minimum Gasteiger partial charge on any atom is -0.487 e. The lowest BCUT2D eigenvalue weighted by molar-refractivity contribution is 0.0927. The van der Waals surface area contributed by atoms with Gasteiger partial charge in [0, 0.05) is 12.7 Å². The molecule has 0 saturated heterocycles. The van der Waals surface area contributed by atoms with Crippen LogP contribution in [0.2, 0.25) is 0 Å². The smallest absolute Gasteiger partial charge is 0.273 e. The second-order valence-corrected chi connectivity index (χ2v) is 6.28. The number of carbonyl (C=O) groups is 1. The molecule has 1 atom stereocenters. The van der Waals surface area contributed by atoms with E-state index in [1.807, 2.05) is 31.2 Å². The summed E-state index contributed by atoms with van der Waals surface area (Å²) >= 11 is 0. The molecule has 0 aliphatic heterocycles. The first-order valence-corrected chi connectivity index (χ1v) is 8.99. The van der Waals surface area contributed by atoms with Crippen molar-refractivity contribution in [2.75, 3.05) is 6.54 Å². The van der Waals surface area contributed by atoms with Gasteiger partial charge in [-0.05, 0) is 37.5 Å². The van der Waals surface area contributed by atoms with E-state index in [2.05, 4.69) is 32.7 Å². The largest absolute Gasteiger partial charge is 0.487 e. The van der Waals surface area contributed by atoms with Crippen molar-refractivity contribution in [1.29, 1.82) is 0 Å². The Morgan fingerprint density at radius 2 is 2.07 bits per heavy atom. The maximum atomic E-state index is 12.2. The summed E-state index contributed by atoms with van der Waals surface area (Å²) in [6.07, 6.45) is 6.71. The molecule has 3 aromatic rings. The van der Waals surface area contributed by atoms with Gasteiger partial charge in [0.15, 0.2) is 5.69 Å². The van der Waals surface area contributed by atoms with Crippen molar-refractivity contribution in [1.82, 2.24) is 25.3 Å². The van der Waals surface area contributed by atoms with E-state index in [4.69, 9.17) is 4.74 Å². The van der Waals surface area contributed by atoms with Gasteiger partial charge in [0.05, 0.1) is 18.9 Å². The molecular weight excluding hydrogens is 342 g/mol. The Balaban J connectivity index is 1.41. The maximum absolute atomic E-state index is 12.2. The molecule has 0 fully saturated rings. The predicted molar refractivity (Wildman–Crippen MR) is 101 cm³/mol. The van der Waals surface area contributed by atoms with Crippen molar-refractivity contribution in [3.8, 4) is 5.75 Å². The molecule has 0 spiro atoms. The van der Waals surface area contributed by atoms with Crippen molar-refractivity contribution in [3.63, 3.8) is 0 Å². The lowest BCUT2D eigenvalue weighted by Crippen LogP contribution is -2.33. The number of amides is 1. The number of hydrogen-bond acceptors (Lipinski definition) is 5. The van der Waals surface area contributed by atoms with E-state index in [0.29, 0.717) is 18.0 Å². The third-order valence-corrected chi connectivity index (χ3v) is 3.99. The molecule has 7 nitrogen and oxygen atoms in total. The fourth-order valence-corrected chi connectivity index (χ4v) is 2.62. The zero-order chi connectivity index (χ0) is 18.9. The van der Waals surface area contributed by atoms with Crippen LogP contribution in [0.15, 0.2) is 61.1 Å². The highest BCUT2D eigenvalue weighted by atomic mass is 16.5. The molecule has 1 amide bonds. The van der Waals surface area contributed by atoms with E-state index in [1.54, 1.807) is 29.3 Å². The minimum absolute atomic E-state index is 0.181. The number of nitrogens with one attached hydrogen (secondary N) is 1. The quantitative estimate of drug-likeness (QED) is 0.630. The van der Waals surface area contributed by atoms with Crippen molar-refractivity contribution < 1.29 is 9.53 Å². The van der Waals surface area contributed by atoms with E-state index in [9.17, 15) is 4.79 Å². The molecule has 0 radical (unpaired) electrons. The molecule has 1 aromatic carbocycles. The summed E-state index contributed by atoms with van der Waals surface area (Å²) < 4.78 is 7.38. The van der Waals surface area contributed by atoms with Gasteiger partial charge in [-0.25, -0.2) is 0 Å². The van der Waals surface area contributed by atoms with Crippen molar-refractivity contribution in [3.05, 3.63) is 72.3 Å². The van der Waals surface area contributed by atoms with Gasteiger partial charge in [0.1, 0.15) is 11.9 Å². The van der Waals surface area contributed by atoms with Crippen LogP contribution < -0.4 is 10.1 Å². The van der Waals surface area contributed by atoms with Gasteiger partial charge in [0.2, 0.25) is 0 Å². The number of carbonyl (C=O) groups excluding carboxylic acids is 1. The second kappa shape index (κ2) is 9.47. The number of aryl methyl sites for hydroxylation is 2. The average molecular weight is 365 g/mol.